The summed E-state index contributed by atoms with van der Waals surface area (Å²) in [5.41, 5.74) is 4.62. The Labute approximate surface area is 139 Å². The van der Waals surface area contributed by atoms with Gasteiger partial charge in [0.1, 0.15) is 0 Å². The van der Waals surface area contributed by atoms with Crippen molar-refractivity contribution in [1.82, 2.24) is 4.57 Å². The van der Waals surface area contributed by atoms with Gasteiger partial charge in [-0.25, -0.2) is 0 Å². The fraction of sp³-hybridized carbons (Fsp3) is 0.263. The monoisotopic (exact) mass is 324 g/mol. The Morgan fingerprint density at radius 2 is 1.83 bits per heavy atom. The third-order valence-electron chi connectivity index (χ3n) is 3.97. The summed E-state index contributed by atoms with van der Waals surface area (Å²) in [7, 11) is 1.95. The first-order chi connectivity index (χ1) is 11.1. The van der Waals surface area contributed by atoms with E-state index in [2.05, 4.69) is 49.2 Å². The van der Waals surface area contributed by atoms with E-state index in [4.69, 9.17) is 0 Å². The van der Waals surface area contributed by atoms with Gasteiger partial charge in [-0.1, -0.05) is 48.6 Å². The first-order valence-electron chi connectivity index (χ1n) is 7.78. The van der Waals surface area contributed by atoms with E-state index in [1.54, 1.807) is 11.3 Å². The van der Waals surface area contributed by atoms with E-state index >= 15 is 0 Å². The summed E-state index contributed by atoms with van der Waals surface area (Å²) in [5.74, 6) is -0.104. The highest BCUT2D eigenvalue weighted by Crippen LogP contribution is 2.17. The van der Waals surface area contributed by atoms with E-state index in [-0.39, 0.29) is 5.91 Å². The summed E-state index contributed by atoms with van der Waals surface area (Å²) in [6, 6.07) is 14.5. The number of aryl methyl sites for hydroxylation is 3. The number of carbonyl (C=O) groups excluding carboxylic acids is 1. The van der Waals surface area contributed by atoms with Crippen LogP contribution in [0.5, 0.6) is 0 Å². The predicted molar refractivity (Wildman–Crippen MR) is 95.6 cm³/mol. The van der Waals surface area contributed by atoms with Gasteiger partial charge in [0.25, 0.3) is 5.91 Å². The van der Waals surface area contributed by atoms with Gasteiger partial charge in [-0.15, -0.1) is 0 Å². The van der Waals surface area contributed by atoms with Crippen LogP contribution < -0.4 is 4.80 Å². The Kier molecular flexibility index (Phi) is 4.44. The molecular weight excluding hydrogens is 304 g/mol. The van der Waals surface area contributed by atoms with Crippen LogP contribution in [0.1, 0.15) is 23.6 Å². The molecule has 1 amide bonds. The van der Waals surface area contributed by atoms with Crippen molar-refractivity contribution < 1.29 is 4.79 Å². The van der Waals surface area contributed by atoms with Crippen molar-refractivity contribution in [3.63, 3.8) is 0 Å². The zero-order valence-corrected chi connectivity index (χ0v) is 14.5. The number of thiazole rings is 1. The number of benzene rings is 2. The lowest BCUT2D eigenvalue weighted by Gasteiger charge is -2.00. The maximum atomic E-state index is 12.3. The Balaban J connectivity index is 1.88. The molecule has 0 aliphatic rings. The molecule has 3 rings (SSSR count). The Morgan fingerprint density at radius 3 is 2.52 bits per heavy atom. The molecule has 0 bridgehead atoms. The van der Waals surface area contributed by atoms with Crippen molar-refractivity contribution in [2.24, 2.45) is 12.0 Å². The minimum atomic E-state index is -0.104. The molecule has 0 spiro atoms. The number of aromatic nitrogens is 1. The molecule has 0 aliphatic heterocycles. The van der Waals surface area contributed by atoms with Crippen LogP contribution >= 0.6 is 11.3 Å². The number of rotatable bonds is 3. The highest BCUT2D eigenvalue weighted by atomic mass is 32.1. The van der Waals surface area contributed by atoms with Crippen LogP contribution in [0.4, 0.5) is 0 Å². The topological polar surface area (TPSA) is 34.4 Å². The molecule has 0 fully saturated rings. The minimum absolute atomic E-state index is 0.104. The largest absolute Gasteiger partial charge is 0.319 e. The fourth-order valence-electron chi connectivity index (χ4n) is 2.56. The van der Waals surface area contributed by atoms with Gasteiger partial charge in [0, 0.05) is 7.05 Å². The number of hydrogen-bond acceptors (Lipinski definition) is 2. The molecule has 23 heavy (non-hydrogen) atoms. The highest BCUT2D eigenvalue weighted by molar-refractivity contribution is 7.16. The second kappa shape index (κ2) is 6.50. The van der Waals surface area contributed by atoms with Gasteiger partial charge in [0.15, 0.2) is 4.80 Å². The van der Waals surface area contributed by atoms with Crippen molar-refractivity contribution in [2.75, 3.05) is 0 Å². The second-order valence-corrected chi connectivity index (χ2v) is 6.78. The molecule has 0 N–H and O–H groups in total. The molecular formula is C19H20N2OS. The van der Waals surface area contributed by atoms with Crippen molar-refractivity contribution in [2.45, 2.75) is 26.7 Å². The summed E-state index contributed by atoms with van der Waals surface area (Å²) < 4.78 is 3.14. The zero-order chi connectivity index (χ0) is 16.4. The minimum Gasteiger partial charge on any atom is -0.319 e. The molecule has 1 aromatic heterocycles. The smallest absolute Gasteiger partial charge is 0.252 e. The van der Waals surface area contributed by atoms with E-state index in [0.29, 0.717) is 6.42 Å². The summed E-state index contributed by atoms with van der Waals surface area (Å²) >= 11 is 1.56. The lowest BCUT2D eigenvalue weighted by atomic mass is 10.1. The second-order valence-electron chi connectivity index (χ2n) is 5.77. The average Bonchev–Trinajstić information content (AvgIpc) is 2.83. The summed E-state index contributed by atoms with van der Waals surface area (Å²) in [6.45, 7) is 4.19. The lowest BCUT2D eigenvalue weighted by Crippen LogP contribution is -2.14. The van der Waals surface area contributed by atoms with E-state index in [1.165, 1.54) is 11.1 Å². The average molecular weight is 324 g/mol. The predicted octanol–water partition coefficient (Wildman–Crippen LogP) is 3.78. The Hall–Kier alpha value is -2.20. The molecule has 0 saturated heterocycles. The summed E-state index contributed by atoms with van der Waals surface area (Å²) in [4.78, 5) is 17.3. The van der Waals surface area contributed by atoms with E-state index in [0.717, 1.165) is 27.0 Å². The fourth-order valence-corrected chi connectivity index (χ4v) is 3.70. The quantitative estimate of drug-likeness (QED) is 0.722. The Morgan fingerprint density at radius 1 is 1.13 bits per heavy atom. The molecule has 0 saturated carbocycles. The van der Waals surface area contributed by atoms with Crippen LogP contribution in [0.2, 0.25) is 0 Å². The highest BCUT2D eigenvalue weighted by Gasteiger charge is 2.06. The first kappa shape index (κ1) is 15.7. The van der Waals surface area contributed by atoms with Crippen LogP contribution in [-0.4, -0.2) is 10.5 Å². The third-order valence-corrected chi connectivity index (χ3v) is 5.07. The van der Waals surface area contributed by atoms with Gasteiger partial charge >= 0.3 is 0 Å². The van der Waals surface area contributed by atoms with Gasteiger partial charge in [0.2, 0.25) is 0 Å². The molecule has 0 aliphatic carbocycles. The van der Waals surface area contributed by atoms with Crippen molar-refractivity contribution in [3.8, 4) is 0 Å². The number of fused-ring (bicyclic) bond motifs is 1. The molecule has 4 heteroatoms. The van der Waals surface area contributed by atoms with Gasteiger partial charge in [-0.3, -0.25) is 4.79 Å². The lowest BCUT2D eigenvalue weighted by molar-refractivity contribution is -0.117. The van der Waals surface area contributed by atoms with Crippen LogP contribution in [-0.2, 0) is 24.7 Å². The molecule has 0 unspecified atom stereocenters. The standard InChI is InChI=1S/C19H20N2OS/c1-4-14-6-8-15(9-7-14)12-18(22)20-19-21(3)16-10-5-13(2)11-17(16)23-19/h5-11H,4,12H2,1-3H3. The van der Waals surface area contributed by atoms with Crippen molar-refractivity contribution in [1.29, 1.82) is 0 Å². The molecule has 0 radical (unpaired) electrons. The molecule has 1 heterocycles. The molecule has 0 atom stereocenters. The van der Waals surface area contributed by atoms with Crippen LogP contribution in [0, 0.1) is 6.92 Å². The SMILES string of the molecule is CCc1ccc(CC(=O)N=c2sc3cc(C)ccc3n2C)cc1. The number of amides is 1. The third kappa shape index (κ3) is 3.42. The van der Waals surface area contributed by atoms with Crippen LogP contribution in [0.25, 0.3) is 10.2 Å². The normalized spacial score (nSPS) is 12.0. The van der Waals surface area contributed by atoms with Crippen molar-refractivity contribution in [3.05, 3.63) is 64.0 Å². The first-order valence-corrected chi connectivity index (χ1v) is 8.60. The van der Waals surface area contributed by atoms with E-state index in [9.17, 15) is 4.79 Å². The molecule has 3 nitrogen and oxygen atoms in total. The summed E-state index contributed by atoms with van der Waals surface area (Å²) in [5, 5.41) is 0. The summed E-state index contributed by atoms with van der Waals surface area (Å²) in [6.07, 6.45) is 1.35. The van der Waals surface area contributed by atoms with Gasteiger partial charge in [0.05, 0.1) is 16.6 Å². The Bertz CT molecular complexity index is 917. The zero-order valence-electron chi connectivity index (χ0n) is 13.7. The molecule has 2 aromatic carbocycles. The molecule has 3 aromatic rings. The van der Waals surface area contributed by atoms with Gasteiger partial charge in [-0.05, 0) is 42.2 Å². The maximum Gasteiger partial charge on any atom is 0.252 e. The van der Waals surface area contributed by atoms with Gasteiger partial charge < -0.3 is 4.57 Å². The number of carbonyl (C=O) groups is 1. The van der Waals surface area contributed by atoms with E-state index < -0.39 is 0 Å². The number of hydrogen-bond donors (Lipinski definition) is 0. The maximum absolute atomic E-state index is 12.3. The van der Waals surface area contributed by atoms with E-state index in [1.807, 2.05) is 23.7 Å². The van der Waals surface area contributed by atoms with Crippen LogP contribution in [0.3, 0.4) is 0 Å². The van der Waals surface area contributed by atoms with Gasteiger partial charge in [-0.2, -0.15) is 4.99 Å². The molecule has 118 valence electrons. The number of nitrogens with zero attached hydrogens (tertiary/aromatic N) is 2. The van der Waals surface area contributed by atoms with Crippen LogP contribution in [0.15, 0.2) is 47.5 Å². The van der Waals surface area contributed by atoms with Crippen molar-refractivity contribution >= 4 is 27.5 Å².